The number of hydrogen-bond donors (Lipinski definition) is 2. The summed E-state index contributed by atoms with van der Waals surface area (Å²) in [5.41, 5.74) is 0. The van der Waals surface area contributed by atoms with Crippen LogP contribution in [0.25, 0.3) is 11.7 Å². The Morgan fingerprint density at radius 3 is 3.28 bits per heavy atom. The smallest absolute Gasteiger partial charge is 0.293 e. The fourth-order valence-electron chi connectivity index (χ4n) is 2.09. The number of aromatic nitrogens is 2. The van der Waals surface area contributed by atoms with E-state index in [1.165, 1.54) is 12.8 Å². The van der Waals surface area contributed by atoms with E-state index < -0.39 is 0 Å². The Morgan fingerprint density at radius 1 is 1.50 bits per heavy atom. The van der Waals surface area contributed by atoms with Crippen LogP contribution in [-0.2, 0) is 6.54 Å². The Labute approximate surface area is 105 Å². The summed E-state index contributed by atoms with van der Waals surface area (Å²) in [5.74, 6) is 1.69. The quantitative estimate of drug-likeness (QED) is 0.846. The van der Waals surface area contributed by atoms with E-state index >= 15 is 0 Å². The predicted molar refractivity (Wildman–Crippen MR) is 64.7 cm³/mol. The van der Waals surface area contributed by atoms with Crippen LogP contribution in [0.4, 0.5) is 0 Å². The highest BCUT2D eigenvalue weighted by Gasteiger charge is 2.15. The van der Waals surface area contributed by atoms with Gasteiger partial charge in [0, 0.05) is 12.6 Å². The van der Waals surface area contributed by atoms with Gasteiger partial charge in [-0.15, -0.1) is 0 Å². The first-order chi connectivity index (χ1) is 8.92. The molecule has 1 fully saturated rings. The Hall–Kier alpha value is -1.66. The van der Waals surface area contributed by atoms with Gasteiger partial charge in [0.05, 0.1) is 12.8 Å². The van der Waals surface area contributed by atoms with Crippen LogP contribution < -0.4 is 10.6 Å². The molecule has 6 nitrogen and oxygen atoms in total. The maximum atomic E-state index is 5.20. The number of rotatable bonds is 4. The normalized spacial score (nSPS) is 20.1. The molecule has 1 aliphatic rings. The molecule has 0 amide bonds. The minimum Gasteiger partial charge on any atom is -0.459 e. The third kappa shape index (κ3) is 2.60. The first-order valence-corrected chi connectivity index (χ1v) is 6.22. The summed E-state index contributed by atoms with van der Waals surface area (Å²) >= 11 is 0. The third-order valence-electron chi connectivity index (χ3n) is 3.05. The van der Waals surface area contributed by atoms with Crippen molar-refractivity contribution in [3.05, 3.63) is 24.2 Å². The molecule has 1 aliphatic heterocycles. The van der Waals surface area contributed by atoms with Crippen molar-refractivity contribution in [1.29, 1.82) is 0 Å². The van der Waals surface area contributed by atoms with E-state index in [9.17, 15) is 0 Å². The first-order valence-electron chi connectivity index (χ1n) is 6.22. The molecule has 2 N–H and O–H groups in total. The largest absolute Gasteiger partial charge is 0.459 e. The summed E-state index contributed by atoms with van der Waals surface area (Å²) < 4.78 is 10.3. The highest BCUT2D eigenvalue weighted by Crippen LogP contribution is 2.16. The van der Waals surface area contributed by atoms with Gasteiger partial charge in [0.25, 0.3) is 5.89 Å². The average Bonchev–Trinajstić information content (AvgIpc) is 3.08. The zero-order valence-corrected chi connectivity index (χ0v) is 10.1. The molecule has 0 aromatic carbocycles. The van der Waals surface area contributed by atoms with Crippen molar-refractivity contribution in [3.8, 4) is 11.7 Å². The van der Waals surface area contributed by atoms with Gasteiger partial charge in [-0.1, -0.05) is 5.16 Å². The van der Waals surface area contributed by atoms with Crippen LogP contribution in [0.2, 0.25) is 0 Å². The van der Waals surface area contributed by atoms with Crippen LogP contribution in [0.15, 0.2) is 27.3 Å². The van der Waals surface area contributed by atoms with Gasteiger partial charge in [-0.05, 0) is 31.5 Å². The van der Waals surface area contributed by atoms with E-state index in [1.54, 1.807) is 18.4 Å². The topological polar surface area (TPSA) is 76.1 Å². The van der Waals surface area contributed by atoms with Crippen molar-refractivity contribution >= 4 is 0 Å². The molecule has 3 rings (SSSR count). The molecule has 6 heteroatoms. The molecular weight excluding hydrogens is 232 g/mol. The molecule has 1 saturated heterocycles. The van der Waals surface area contributed by atoms with Gasteiger partial charge in [-0.2, -0.15) is 4.98 Å². The van der Waals surface area contributed by atoms with Crippen molar-refractivity contribution in [1.82, 2.24) is 20.8 Å². The zero-order chi connectivity index (χ0) is 12.2. The molecule has 0 aliphatic carbocycles. The number of furan rings is 1. The molecule has 0 spiro atoms. The SMILES string of the molecule is c1coc(-c2nc(CN[C@@H]3CCCNC3)no2)c1. The Balaban J connectivity index is 1.57. The van der Waals surface area contributed by atoms with Crippen molar-refractivity contribution < 1.29 is 8.94 Å². The summed E-state index contributed by atoms with van der Waals surface area (Å²) in [6.45, 7) is 2.74. The van der Waals surface area contributed by atoms with Gasteiger partial charge in [0.2, 0.25) is 0 Å². The molecule has 18 heavy (non-hydrogen) atoms. The fourth-order valence-corrected chi connectivity index (χ4v) is 2.09. The van der Waals surface area contributed by atoms with E-state index in [1.807, 2.05) is 0 Å². The van der Waals surface area contributed by atoms with Gasteiger partial charge in [-0.3, -0.25) is 0 Å². The first kappa shape index (κ1) is 11.4. The highest BCUT2D eigenvalue weighted by molar-refractivity contribution is 5.42. The molecule has 0 saturated carbocycles. The van der Waals surface area contributed by atoms with E-state index in [0.29, 0.717) is 30.1 Å². The van der Waals surface area contributed by atoms with Crippen LogP contribution in [-0.4, -0.2) is 29.3 Å². The minimum atomic E-state index is 0.429. The molecule has 0 unspecified atom stereocenters. The van der Waals surface area contributed by atoms with Crippen molar-refractivity contribution in [2.75, 3.05) is 13.1 Å². The Kier molecular flexibility index (Phi) is 3.38. The van der Waals surface area contributed by atoms with Gasteiger partial charge >= 0.3 is 0 Å². The van der Waals surface area contributed by atoms with Crippen LogP contribution in [0, 0.1) is 0 Å². The lowest BCUT2D eigenvalue weighted by Gasteiger charge is -2.23. The van der Waals surface area contributed by atoms with Gasteiger partial charge < -0.3 is 19.6 Å². The lowest BCUT2D eigenvalue weighted by atomic mass is 10.1. The summed E-state index contributed by atoms with van der Waals surface area (Å²) in [5, 5.41) is 10.7. The van der Waals surface area contributed by atoms with E-state index in [0.717, 1.165) is 13.1 Å². The van der Waals surface area contributed by atoms with Crippen LogP contribution in [0.5, 0.6) is 0 Å². The Bertz CT molecular complexity index is 474. The summed E-state index contributed by atoms with van der Waals surface area (Å²) in [4.78, 5) is 4.28. The Morgan fingerprint density at radius 2 is 2.50 bits per heavy atom. The van der Waals surface area contributed by atoms with Crippen molar-refractivity contribution in [2.24, 2.45) is 0 Å². The summed E-state index contributed by atoms with van der Waals surface area (Å²) in [6, 6.07) is 4.09. The van der Waals surface area contributed by atoms with Crippen LogP contribution >= 0.6 is 0 Å². The molecule has 1 atom stereocenters. The van der Waals surface area contributed by atoms with Gasteiger partial charge in [0.1, 0.15) is 0 Å². The van der Waals surface area contributed by atoms with Gasteiger partial charge in [0.15, 0.2) is 11.6 Å². The molecular formula is C12H16N4O2. The zero-order valence-electron chi connectivity index (χ0n) is 10.1. The molecule has 3 heterocycles. The lowest BCUT2D eigenvalue weighted by molar-refractivity contribution is 0.374. The van der Waals surface area contributed by atoms with E-state index in [4.69, 9.17) is 8.94 Å². The van der Waals surface area contributed by atoms with E-state index in [-0.39, 0.29) is 0 Å². The predicted octanol–water partition coefficient (Wildman–Crippen LogP) is 1.17. The second kappa shape index (κ2) is 5.32. The molecule has 2 aromatic rings. The molecule has 96 valence electrons. The minimum absolute atomic E-state index is 0.429. The van der Waals surface area contributed by atoms with Crippen LogP contribution in [0.3, 0.4) is 0 Å². The second-order valence-corrected chi connectivity index (χ2v) is 4.42. The maximum Gasteiger partial charge on any atom is 0.293 e. The summed E-state index contributed by atoms with van der Waals surface area (Å²) in [6.07, 6.45) is 3.99. The standard InChI is InChI=1S/C12H16N4O2/c1-3-9(7-13-5-1)14-8-11-15-12(18-16-11)10-4-2-6-17-10/h2,4,6,9,13-14H,1,3,5,7-8H2/t9-/m1/s1. The molecule has 0 bridgehead atoms. The average molecular weight is 248 g/mol. The number of nitrogens with zero attached hydrogens (tertiary/aromatic N) is 2. The number of nitrogens with one attached hydrogen (secondary N) is 2. The lowest BCUT2D eigenvalue weighted by Crippen LogP contribution is -2.42. The van der Waals surface area contributed by atoms with E-state index in [2.05, 4.69) is 20.8 Å². The number of hydrogen-bond acceptors (Lipinski definition) is 6. The molecule has 2 aromatic heterocycles. The fraction of sp³-hybridized carbons (Fsp3) is 0.500. The monoisotopic (exact) mass is 248 g/mol. The van der Waals surface area contributed by atoms with Gasteiger partial charge in [-0.25, -0.2) is 0 Å². The van der Waals surface area contributed by atoms with Crippen LogP contribution in [0.1, 0.15) is 18.7 Å². The highest BCUT2D eigenvalue weighted by atomic mass is 16.5. The maximum absolute atomic E-state index is 5.20. The third-order valence-corrected chi connectivity index (χ3v) is 3.05. The number of piperidine rings is 1. The molecule has 0 radical (unpaired) electrons. The van der Waals surface area contributed by atoms with Crippen molar-refractivity contribution in [3.63, 3.8) is 0 Å². The second-order valence-electron chi connectivity index (χ2n) is 4.42. The van der Waals surface area contributed by atoms with Crippen molar-refractivity contribution in [2.45, 2.75) is 25.4 Å². The summed E-state index contributed by atoms with van der Waals surface area (Å²) in [7, 11) is 0.